The maximum Gasteiger partial charge on any atom is 0.254 e. The molecule has 6 nitrogen and oxygen atoms in total. The van der Waals surface area contributed by atoms with Gasteiger partial charge in [-0.25, -0.2) is 8.42 Å². The van der Waals surface area contributed by atoms with E-state index in [1.165, 1.54) is 33.0 Å². The molecule has 1 saturated heterocycles. The first-order valence-electron chi connectivity index (χ1n) is 10.3. The molecule has 3 aromatic carbocycles. The standard InChI is InChI=1S/C24H21N3O3S/c25-16-19-4-1-2-7-22(19)31(29,30)27-14-12-26(13-15-27)24(28)21-11-10-18-9-8-17-5-3-6-20(21)23(17)18/h1-7,10-11H,8-9,12-15H2. The van der Waals surface area contributed by atoms with E-state index in [1.807, 2.05) is 30.3 Å². The van der Waals surface area contributed by atoms with Crippen LogP contribution in [0.3, 0.4) is 0 Å². The Morgan fingerprint density at radius 3 is 2.32 bits per heavy atom. The van der Waals surface area contributed by atoms with E-state index in [-0.39, 0.29) is 29.5 Å². The van der Waals surface area contributed by atoms with Gasteiger partial charge in [0.2, 0.25) is 10.0 Å². The maximum absolute atomic E-state index is 13.3. The molecular weight excluding hydrogens is 410 g/mol. The van der Waals surface area contributed by atoms with Gasteiger partial charge in [-0.15, -0.1) is 0 Å². The van der Waals surface area contributed by atoms with Gasteiger partial charge in [-0.1, -0.05) is 36.4 Å². The van der Waals surface area contributed by atoms with E-state index in [0.717, 1.165) is 18.2 Å². The van der Waals surface area contributed by atoms with Gasteiger partial charge in [0, 0.05) is 31.7 Å². The molecule has 156 valence electrons. The molecule has 0 aromatic heterocycles. The Morgan fingerprint density at radius 1 is 0.871 bits per heavy atom. The first-order valence-corrected chi connectivity index (χ1v) is 11.8. The van der Waals surface area contributed by atoms with Crippen LogP contribution in [-0.4, -0.2) is 49.7 Å². The molecule has 0 spiro atoms. The van der Waals surface area contributed by atoms with Crippen LogP contribution in [-0.2, 0) is 22.9 Å². The topological polar surface area (TPSA) is 81.5 Å². The van der Waals surface area contributed by atoms with Gasteiger partial charge < -0.3 is 4.90 Å². The van der Waals surface area contributed by atoms with Crippen molar-refractivity contribution in [2.45, 2.75) is 17.7 Å². The number of carbonyl (C=O) groups excluding carboxylic acids is 1. The first-order chi connectivity index (χ1) is 15.0. The number of aryl methyl sites for hydroxylation is 2. The number of hydrogen-bond acceptors (Lipinski definition) is 4. The van der Waals surface area contributed by atoms with Gasteiger partial charge in [0.1, 0.15) is 6.07 Å². The summed E-state index contributed by atoms with van der Waals surface area (Å²) in [6, 6.07) is 18.2. The van der Waals surface area contributed by atoms with Crippen LogP contribution in [0.2, 0.25) is 0 Å². The molecular formula is C24H21N3O3S. The van der Waals surface area contributed by atoms with Crippen molar-refractivity contribution >= 4 is 26.7 Å². The van der Waals surface area contributed by atoms with E-state index in [4.69, 9.17) is 0 Å². The molecule has 0 bridgehead atoms. The van der Waals surface area contributed by atoms with Crippen molar-refractivity contribution in [1.29, 1.82) is 5.26 Å². The van der Waals surface area contributed by atoms with Crippen LogP contribution < -0.4 is 0 Å². The zero-order valence-corrected chi connectivity index (χ0v) is 17.7. The van der Waals surface area contributed by atoms with Gasteiger partial charge in [0.05, 0.1) is 10.5 Å². The van der Waals surface area contributed by atoms with Crippen molar-refractivity contribution < 1.29 is 13.2 Å². The quantitative estimate of drug-likeness (QED) is 0.639. The van der Waals surface area contributed by atoms with Crippen LogP contribution >= 0.6 is 0 Å². The number of sulfonamides is 1. The lowest BCUT2D eigenvalue weighted by Crippen LogP contribution is -2.50. The van der Waals surface area contributed by atoms with Crippen molar-refractivity contribution in [3.8, 4) is 6.07 Å². The predicted molar refractivity (Wildman–Crippen MR) is 117 cm³/mol. The van der Waals surface area contributed by atoms with Crippen LogP contribution in [0, 0.1) is 11.3 Å². The van der Waals surface area contributed by atoms with Crippen molar-refractivity contribution in [2.24, 2.45) is 0 Å². The minimum atomic E-state index is -3.78. The second-order valence-corrected chi connectivity index (χ2v) is 9.82. The molecule has 3 aromatic rings. The molecule has 1 aliphatic heterocycles. The number of nitriles is 1. The second-order valence-electron chi connectivity index (χ2n) is 7.92. The minimum Gasteiger partial charge on any atom is -0.336 e. The fourth-order valence-electron chi connectivity index (χ4n) is 4.66. The third-order valence-corrected chi connectivity index (χ3v) is 8.22. The van der Waals surface area contributed by atoms with E-state index in [2.05, 4.69) is 6.07 Å². The van der Waals surface area contributed by atoms with E-state index in [0.29, 0.717) is 18.7 Å². The van der Waals surface area contributed by atoms with Gasteiger partial charge in [-0.2, -0.15) is 9.57 Å². The number of benzene rings is 3. The molecule has 2 aliphatic rings. The molecule has 0 unspecified atom stereocenters. The van der Waals surface area contributed by atoms with Crippen LogP contribution in [0.25, 0.3) is 10.8 Å². The van der Waals surface area contributed by atoms with Crippen molar-refractivity contribution in [2.75, 3.05) is 26.2 Å². The lowest BCUT2D eigenvalue weighted by Gasteiger charge is -2.34. The summed E-state index contributed by atoms with van der Waals surface area (Å²) in [5, 5.41) is 11.4. The molecule has 1 aliphatic carbocycles. The van der Waals surface area contributed by atoms with Gasteiger partial charge in [0.15, 0.2) is 0 Å². The van der Waals surface area contributed by atoms with Gasteiger partial charge >= 0.3 is 0 Å². The zero-order chi connectivity index (χ0) is 21.6. The van der Waals surface area contributed by atoms with Crippen LogP contribution in [0.15, 0.2) is 59.5 Å². The zero-order valence-electron chi connectivity index (χ0n) is 16.9. The number of nitrogens with zero attached hydrogens (tertiary/aromatic N) is 3. The molecule has 7 heteroatoms. The van der Waals surface area contributed by atoms with E-state index >= 15 is 0 Å². The first kappa shape index (κ1) is 19.7. The second kappa shape index (κ2) is 7.49. The monoisotopic (exact) mass is 431 g/mol. The average molecular weight is 432 g/mol. The Labute approximate surface area is 181 Å². The van der Waals surface area contributed by atoms with Crippen LogP contribution in [0.4, 0.5) is 0 Å². The molecule has 0 atom stereocenters. The van der Waals surface area contributed by atoms with Crippen molar-refractivity contribution in [3.63, 3.8) is 0 Å². The summed E-state index contributed by atoms with van der Waals surface area (Å²) in [5.41, 5.74) is 3.38. The van der Waals surface area contributed by atoms with Crippen LogP contribution in [0.1, 0.15) is 27.0 Å². The Bertz CT molecular complexity index is 1340. The minimum absolute atomic E-state index is 0.0183. The average Bonchev–Trinajstić information content (AvgIpc) is 3.24. The summed E-state index contributed by atoms with van der Waals surface area (Å²) in [6.07, 6.45) is 2.01. The van der Waals surface area contributed by atoms with Crippen molar-refractivity contribution in [3.05, 3.63) is 76.9 Å². The number of rotatable bonds is 3. The molecule has 0 N–H and O–H groups in total. The Hall–Kier alpha value is -3.21. The van der Waals surface area contributed by atoms with Crippen molar-refractivity contribution in [1.82, 2.24) is 9.21 Å². The fraction of sp³-hybridized carbons (Fsp3) is 0.250. The molecule has 1 amide bonds. The Morgan fingerprint density at radius 2 is 1.58 bits per heavy atom. The summed E-state index contributed by atoms with van der Waals surface area (Å²) in [7, 11) is -3.78. The van der Waals surface area contributed by atoms with E-state index in [9.17, 15) is 18.5 Å². The van der Waals surface area contributed by atoms with Gasteiger partial charge in [-0.05, 0) is 52.9 Å². The molecule has 0 saturated carbocycles. The molecule has 0 radical (unpaired) electrons. The highest BCUT2D eigenvalue weighted by atomic mass is 32.2. The lowest BCUT2D eigenvalue weighted by molar-refractivity contribution is 0.0700. The highest BCUT2D eigenvalue weighted by Gasteiger charge is 2.32. The predicted octanol–water partition coefficient (Wildman–Crippen LogP) is 2.96. The van der Waals surface area contributed by atoms with Gasteiger partial charge in [-0.3, -0.25) is 4.79 Å². The van der Waals surface area contributed by atoms with Gasteiger partial charge in [0.25, 0.3) is 5.91 Å². The smallest absolute Gasteiger partial charge is 0.254 e. The third kappa shape index (κ3) is 3.19. The van der Waals surface area contributed by atoms with E-state index in [1.54, 1.807) is 17.0 Å². The summed E-state index contributed by atoms with van der Waals surface area (Å²) >= 11 is 0. The number of carbonyl (C=O) groups is 1. The summed E-state index contributed by atoms with van der Waals surface area (Å²) in [6.45, 7) is 1.04. The summed E-state index contributed by atoms with van der Waals surface area (Å²) < 4.78 is 27.4. The summed E-state index contributed by atoms with van der Waals surface area (Å²) in [5.74, 6) is -0.0647. The maximum atomic E-state index is 13.3. The highest BCUT2D eigenvalue weighted by molar-refractivity contribution is 7.89. The highest BCUT2D eigenvalue weighted by Crippen LogP contribution is 2.33. The Balaban J connectivity index is 1.38. The third-order valence-electron chi connectivity index (χ3n) is 6.26. The summed E-state index contributed by atoms with van der Waals surface area (Å²) in [4.78, 5) is 15.0. The number of piperazine rings is 1. The fourth-order valence-corrected chi connectivity index (χ4v) is 6.22. The molecule has 1 fully saturated rings. The normalized spacial score (nSPS) is 16.4. The Kier molecular flexibility index (Phi) is 4.77. The molecule has 31 heavy (non-hydrogen) atoms. The SMILES string of the molecule is N#Cc1ccccc1S(=O)(=O)N1CCN(C(=O)c2ccc3c4c(cccc24)CC3)CC1. The number of hydrogen-bond donors (Lipinski definition) is 0. The number of amides is 1. The lowest BCUT2D eigenvalue weighted by atomic mass is 9.99. The molecule has 1 heterocycles. The molecule has 5 rings (SSSR count). The van der Waals surface area contributed by atoms with E-state index < -0.39 is 10.0 Å². The van der Waals surface area contributed by atoms with Crippen LogP contribution in [0.5, 0.6) is 0 Å². The largest absolute Gasteiger partial charge is 0.336 e.